The van der Waals surface area contributed by atoms with E-state index in [0.29, 0.717) is 23.8 Å². The van der Waals surface area contributed by atoms with Crippen molar-refractivity contribution in [1.82, 2.24) is 4.90 Å². The van der Waals surface area contributed by atoms with Crippen LogP contribution in [0.3, 0.4) is 0 Å². The highest BCUT2D eigenvalue weighted by atomic mass is 16.2. The van der Waals surface area contributed by atoms with E-state index in [2.05, 4.69) is 36.9 Å². The summed E-state index contributed by atoms with van der Waals surface area (Å²) in [5.41, 5.74) is 10.2. The van der Waals surface area contributed by atoms with Gasteiger partial charge < -0.3 is 10.6 Å². The van der Waals surface area contributed by atoms with Gasteiger partial charge in [-0.25, -0.2) is 0 Å². The van der Waals surface area contributed by atoms with Crippen LogP contribution < -0.4 is 5.73 Å². The van der Waals surface area contributed by atoms with Gasteiger partial charge in [0, 0.05) is 25.0 Å². The minimum atomic E-state index is 0.230. The van der Waals surface area contributed by atoms with Crippen LogP contribution in [0.1, 0.15) is 55.7 Å². The molecule has 2 aliphatic carbocycles. The molecule has 4 rings (SSSR count). The van der Waals surface area contributed by atoms with E-state index >= 15 is 0 Å². The molecule has 3 heteroatoms. The van der Waals surface area contributed by atoms with Crippen molar-refractivity contribution in [2.24, 2.45) is 23.5 Å². The predicted octanol–water partition coefficient (Wildman–Crippen LogP) is 3.07. The van der Waals surface area contributed by atoms with Crippen LogP contribution in [-0.4, -0.2) is 23.4 Å². The molecule has 0 spiro atoms. The third-order valence-corrected chi connectivity index (χ3v) is 6.44. The number of carbonyl (C=O) groups excluding carboxylic acids is 1. The van der Waals surface area contributed by atoms with E-state index in [1.165, 1.54) is 16.7 Å². The fourth-order valence-corrected chi connectivity index (χ4v) is 4.87. The van der Waals surface area contributed by atoms with Gasteiger partial charge in [0.25, 0.3) is 0 Å². The summed E-state index contributed by atoms with van der Waals surface area (Å²) in [7, 11) is 0. The van der Waals surface area contributed by atoms with E-state index in [0.717, 1.165) is 44.7 Å². The summed E-state index contributed by atoms with van der Waals surface area (Å²) in [6.07, 6.45) is 4.24. The number of rotatable bonds is 2. The van der Waals surface area contributed by atoms with Crippen LogP contribution in [0.25, 0.3) is 0 Å². The van der Waals surface area contributed by atoms with Crippen LogP contribution in [0, 0.1) is 17.8 Å². The predicted molar refractivity (Wildman–Crippen MR) is 91.9 cm³/mol. The fraction of sp³-hybridized carbons (Fsp3) is 0.650. The van der Waals surface area contributed by atoms with E-state index in [1.54, 1.807) is 0 Å². The molecule has 1 unspecified atom stereocenters. The van der Waals surface area contributed by atoms with Gasteiger partial charge in [0.15, 0.2) is 0 Å². The molecule has 2 N–H and O–H groups in total. The lowest BCUT2D eigenvalue weighted by Gasteiger charge is -2.37. The topological polar surface area (TPSA) is 46.3 Å². The van der Waals surface area contributed by atoms with Gasteiger partial charge in [-0.2, -0.15) is 0 Å². The Balaban J connectivity index is 1.47. The van der Waals surface area contributed by atoms with Gasteiger partial charge in [-0.3, -0.25) is 4.79 Å². The first-order valence-corrected chi connectivity index (χ1v) is 9.19. The number of carbonyl (C=O) groups is 1. The maximum atomic E-state index is 12.9. The molecule has 4 atom stereocenters. The summed E-state index contributed by atoms with van der Waals surface area (Å²) >= 11 is 0. The average Bonchev–Trinajstić information content (AvgIpc) is 2.90. The summed E-state index contributed by atoms with van der Waals surface area (Å²) in [6, 6.07) is 7.18. The van der Waals surface area contributed by atoms with Gasteiger partial charge in [0.05, 0.1) is 0 Å². The summed E-state index contributed by atoms with van der Waals surface area (Å²) < 4.78 is 0. The molecule has 0 bridgehead atoms. The molecule has 1 heterocycles. The lowest BCUT2D eigenvalue weighted by Crippen LogP contribution is -2.44. The van der Waals surface area contributed by atoms with E-state index in [9.17, 15) is 4.79 Å². The highest BCUT2D eigenvalue weighted by Crippen LogP contribution is 2.49. The molecule has 124 valence electrons. The zero-order chi connectivity index (χ0) is 16.1. The Bertz CT molecular complexity index is 624. The Hall–Kier alpha value is -1.35. The number of hydrogen-bond acceptors (Lipinski definition) is 2. The highest BCUT2D eigenvalue weighted by molar-refractivity contribution is 5.79. The molecule has 3 nitrogen and oxygen atoms in total. The molecule has 2 fully saturated rings. The molecule has 1 aliphatic heterocycles. The molecule has 1 amide bonds. The Morgan fingerprint density at radius 2 is 2.04 bits per heavy atom. The van der Waals surface area contributed by atoms with Crippen LogP contribution in [0.5, 0.6) is 0 Å². The number of nitrogens with two attached hydrogens (primary N) is 1. The third kappa shape index (κ3) is 2.59. The lowest BCUT2D eigenvalue weighted by atomic mass is 9.72. The van der Waals surface area contributed by atoms with Gasteiger partial charge >= 0.3 is 0 Å². The molecule has 0 aromatic heterocycles. The van der Waals surface area contributed by atoms with E-state index in [4.69, 9.17) is 5.73 Å². The fourth-order valence-electron chi connectivity index (χ4n) is 4.87. The maximum absolute atomic E-state index is 12.9. The van der Waals surface area contributed by atoms with Crippen molar-refractivity contribution in [3.8, 4) is 0 Å². The van der Waals surface area contributed by atoms with Gasteiger partial charge in [-0.05, 0) is 60.1 Å². The Kier molecular flexibility index (Phi) is 3.72. The zero-order valence-corrected chi connectivity index (χ0v) is 14.3. The first kappa shape index (κ1) is 15.2. The smallest absolute Gasteiger partial charge is 0.226 e. The van der Waals surface area contributed by atoms with Gasteiger partial charge in [-0.15, -0.1) is 0 Å². The first-order valence-electron chi connectivity index (χ1n) is 9.19. The molecule has 0 saturated heterocycles. The van der Waals surface area contributed by atoms with Crippen molar-refractivity contribution in [3.05, 3.63) is 34.9 Å². The van der Waals surface area contributed by atoms with Crippen LogP contribution in [0.2, 0.25) is 0 Å². The average molecular weight is 312 g/mol. The molecule has 3 aliphatic rings. The van der Waals surface area contributed by atoms with Crippen LogP contribution in [-0.2, 0) is 17.8 Å². The number of fused-ring (bicyclic) bond motifs is 2. The van der Waals surface area contributed by atoms with Gasteiger partial charge in [0.1, 0.15) is 0 Å². The molecule has 1 aromatic rings. The molecule has 2 saturated carbocycles. The molecule has 0 radical (unpaired) electrons. The lowest BCUT2D eigenvalue weighted by molar-refractivity contribution is -0.136. The van der Waals surface area contributed by atoms with Crippen molar-refractivity contribution in [2.45, 2.75) is 58.0 Å². The quantitative estimate of drug-likeness (QED) is 0.912. The maximum Gasteiger partial charge on any atom is 0.226 e. The molecule has 1 aromatic carbocycles. The van der Waals surface area contributed by atoms with Crippen molar-refractivity contribution in [1.29, 1.82) is 0 Å². The first-order chi connectivity index (χ1) is 11.0. The number of amides is 1. The zero-order valence-electron chi connectivity index (χ0n) is 14.3. The number of hydrogen-bond donors (Lipinski definition) is 1. The minimum Gasteiger partial charge on any atom is -0.338 e. The molecular weight excluding hydrogens is 284 g/mol. The van der Waals surface area contributed by atoms with Crippen LogP contribution in [0.4, 0.5) is 0 Å². The standard InChI is InChI=1S/C20H28N2O/c1-12(2)14-4-3-13-5-6-22(11-17(13)7-14)20(23)16-8-15-10-19(21)18(15)9-16/h3-4,7,12,15-16,18-19H,5-6,8-11,21H2,1-2H3/t15-,16?,18-,19+/m1/s1. The SMILES string of the molecule is CC(C)c1ccc2c(c1)CN(C(=O)C1C[C@@H]3C[C@H](N)[C@@H]3C1)CC2. The number of nitrogens with zero attached hydrogens (tertiary/aromatic N) is 1. The summed E-state index contributed by atoms with van der Waals surface area (Å²) in [4.78, 5) is 15.0. The second-order valence-electron chi connectivity index (χ2n) is 8.18. The van der Waals surface area contributed by atoms with Crippen LogP contribution >= 0.6 is 0 Å². The van der Waals surface area contributed by atoms with Crippen molar-refractivity contribution < 1.29 is 4.79 Å². The monoisotopic (exact) mass is 312 g/mol. The molecule has 23 heavy (non-hydrogen) atoms. The second-order valence-corrected chi connectivity index (χ2v) is 8.18. The largest absolute Gasteiger partial charge is 0.338 e. The van der Waals surface area contributed by atoms with E-state index in [1.807, 2.05) is 0 Å². The van der Waals surface area contributed by atoms with Gasteiger partial charge in [0.2, 0.25) is 5.91 Å². The Morgan fingerprint density at radius 1 is 1.22 bits per heavy atom. The summed E-state index contributed by atoms with van der Waals surface area (Å²) in [5.74, 6) is 2.50. The highest BCUT2D eigenvalue weighted by Gasteiger charge is 2.48. The van der Waals surface area contributed by atoms with E-state index < -0.39 is 0 Å². The Labute approximate surface area is 139 Å². The summed E-state index contributed by atoms with van der Waals surface area (Å²) in [5, 5.41) is 0. The van der Waals surface area contributed by atoms with Crippen molar-refractivity contribution in [3.63, 3.8) is 0 Å². The minimum absolute atomic E-state index is 0.230. The normalized spacial score (nSPS) is 32.4. The van der Waals surface area contributed by atoms with Crippen molar-refractivity contribution in [2.75, 3.05) is 6.54 Å². The Morgan fingerprint density at radius 3 is 2.74 bits per heavy atom. The van der Waals surface area contributed by atoms with E-state index in [-0.39, 0.29) is 5.92 Å². The summed E-state index contributed by atoms with van der Waals surface area (Å²) in [6.45, 7) is 6.13. The third-order valence-electron chi connectivity index (χ3n) is 6.44. The second kappa shape index (κ2) is 5.62. The number of benzene rings is 1. The van der Waals surface area contributed by atoms with Gasteiger partial charge in [-0.1, -0.05) is 32.0 Å². The molecular formula is C20H28N2O. The van der Waals surface area contributed by atoms with Crippen LogP contribution in [0.15, 0.2) is 18.2 Å². The van der Waals surface area contributed by atoms with Crippen molar-refractivity contribution >= 4 is 5.91 Å².